The highest BCUT2D eigenvalue weighted by atomic mass is 15.3. The minimum Gasteiger partial charge on any atom is -0.340 e. The molecule has 0 aliphatic carbocycles. The van der Waals surface area contributed by atoms with E-state index in [1.807, 2.05) is 37.8 Å². The molecule has 20 heavy (non-hydrogen) atoms. The molecule has 0 radical (unpaired) electrons. The molecule has 106 valence electrons. The zero-order valence-electron chi connectivity index (χ0n) is 12.4. The van der Waals surface area contributed by atoms with Gasteiger partial charge in [-0.1, -0.05) is 0 Å². The topological polar surface area (TPSA) is 46.8 Å². The second kappa shape index (κ2) is 5.23. The van der Waals surface area contributed by atoms with Gasteiger partial charge in [0.05, 0.1) is 5.69 Å². The fraction of sp³-hybridized carbons (Fsp3) is 0.533. The first kappa shape index (κ1) is 13.1. The van der Waals surface area contributed by atoms with Crippen molar-refractivity contribution in [2.24, 2.45) is 7.05 Å². The third-order valence-electron chi connectivity index (χ3n) is 3.83. The molecule has 0 aromatic carbocycles. The van der Waals surface area contributed by atoms with E-state index in [-0.39, 0.29) is 0 Å². The molecule has 1 aliphatic rings. The van der Waals surface area contributed by atoms with Crippen molar-refractivity contribution in [2.45, 2.75) is 32.6 Å². The lowest BCUT2D eigenvalue weighted by Crippen LogP contribution is -2.36. The predicted octanol–water partition coefficient (Wildman–Crippen LogP) is 2.21. The van der Waals surface area contributed by atoms with Gasteiger partial charge >= 0.3 is 0 Å². The lowest BCUT2D eigenvalue weighted by Gasteiger charge is -2.32. The van der Waals surface area contributed by atoms with E-state index in [4.69, 9.17) is 0 Å². The van der Waals surface area contributed by atoms with Crippen LogP contribution in [0.2, 0.25) is 0 Å². The van der Waals surface area contributed by atoms with E-state index < -0.39 is 0 Å². The molecule has 5 heteroatoms. The fourth-order valence-corrected chi connectivity index (χ4v) is 2.90. The first-order valence-electron chi connectivity index (χ1n) is 7.18. The van der Waals surface area contributed by atoms with Crippen LogP contribution in [-0.4, -0.2) is 32.8 Å². The first-order chi connectivity index (χ1) is 9.61. The molecule has 2 aromatic rings. The van der Waals surface area contributed by atoms with Crippen molar-refractivity contribution in [3.63, 3.8) is 0 Å². The Kier molecular flexibility index (Phi) is 3.42. The molecular formula is C15H21N5. The van der Waals surface area contributed by atoms with Crippen molar-refractivity contribution in [2.75, 3.05) is 18.0 Å². The largest absolute Gasteiger partial charge is 0.340 e. The smallest absolute Gasteiger partial charge is 0.225 e. The maximum absolute atomic E-state index is 4.58. The maximum Gasteiger partial charge on any atom is 0.225 e. The summed E-state index contributed by atoms with van der Waals surface area (Å²) in [5, 5.41) is 4.55. The van der Waals surface area contributed by atoms with Gasteiger partial charge in [-0.2, -0.15) is 5.10 Å². The number of hydrogen-bond acceptors (Lipinski definition) is 4. The summed E-state index contributed by atoms with van der Waals surface area (Å²) < 4.78 is 1.88. The molecule has 1 aliphatic heterocycles. The Morgan fingerprint density at radius 1 is 1.20 bits per heavy atom. The van der Waals surface area contributed by atoms with Crippen molar-refractivity contribution in [1.82, 2.24) is 19.7 Å². The zero-order valence-corrected chi connectivity index (χ0v) is 12.4. The van der Waals surface area contributed by atoms with Gasteiger partial charge in [0.1, 0.15) is 0 Å². The Bertz CT molecular complexity index is 584. The van der Waals surface area contributed by atoms with Crippen molar-refractivity contribution in [3.05, 3.63) is 35.4 Å². The Hall–Kier alpha value is -1.91. The summed E-state index contributed by atoms with van der Waals surface area (Å²) >= 11 is 0. The third kappa shape index (κ3) is 2.66. The Balaban J connectivity index is 1.81. The Morgan fingerprint density at radius 3 is 2.60 bits per heavy atom. The summed E-state index contributed by atoms with van der Waals surface area (Å²) in [6.07, 6.45) is 4.37. The van der Waals surface area contributed by atoms with Crippen molar-refractivity contribution in [1.29, 1.82) is 0 Å². The first-order valence-corrected chi connectivity index (χ1v) is 7.18. The maximum atomic E-state index is 4.58. The van der Waals surface area contributed by atoms with Crippen LogP contribution in [0.4, 0.5) is 5.95 Å². The van der Waals surface area contributed by atoms with E-state index >= 15 is 0 Å². The van der Waals surface area contributed by atoms with E-state index in [0.717, 1.165) is 36.8 Å². The van der Waals surface area contributed by atoms with E-state index in [0.29, 0.717) is 5.92 Å². The van der Waals surface area contributed by atoms with Gasteiger partial charge in [0.15, 0.2) is 0 Å². The van der Waals surface area contributed by atoms with Crippen molar-refractivity contribution >= 4 is 5.95 Å². The summed E-state index contributed by atoms with van der Waals surface area (Å²) in [6, 6.07) is 4.14. The molecule has 3 rings (SSSR count). The molecule has 3 heterocycles. The Morgan fingerprint density at radius 2 is 1.95 bits per heavy atom. The van der Waals surface area contributed by atoms with Crippen LogP contribution < -0.4 is 4.90 Å². The molecule has 1 atom stereocenters. The van der Waals surface area contributed by atoms with Gasteiger partial charge in [-0.05, 0) is 38.8 Å². The molecule has 0 spiro atoms. The highest BCUT2D eigenvalue weighted by Crippen LogP contribution is 2.27. The Labute approximate surface area is 119 Å². The minimum atomic E-state index is 0.481. The molecule has 1 saturated heterocycles. The molecule has 0 N–H and O–H groups in total. The quantitative estimate of drug-likeness (QED) is 0.840. The monoisotopic (exact) mass is 271 g/mol. The van der Waals surface area contributed by atoms with Crippen molar-refractivity contribution in [3.8, 4) is 0 Å². The van der Waals surface area contributed by atoms with Gasteiger partial charge in [0.25, 0.3) is 0 Å². The van der Waals surface area contributed by atoms with Gasteiger partial charge in [-0.25, -0.2) is 9.97 Å². The number of aryl methyl sites for hydroxylation is 3. The van der Waals surface area contributed by atoms with Crippen LogP contribution in [0.1, 0.15) is 35.8 Å². The van der Waals surface area contributed by atoms with Gasteiger partial charge < -0.3 is 4.90 Å². The average Bonchev–Trinajstić information content (AvgIpc) is 2.85. The number of nitrogens with zero attached hydrogens (tertiary/aromatic N) is 5. The highest BCUT2D eigenvalue weighted by Gasteiger charge is 2.24. The van der Waals surface area contributed by atoms with E-state index in [2.05, 4.69) is 26.0 Å². The number of hydrogen-bond donors (Lipinski definition) is 0. The van der Waals surface area contributed by atoms with E-state index in [1.165, 1.54) is 12.1 Å². The van der Waals surface area contributed by atoms with Gasteiger partial charge in [0.2, 0.25) is 5.95 Å². The highest BCUT2D eigenvalue weighted by molar-refractivity contribution is 5.34. The number of rotatable bonds is 2. The van der Waals surface area contributed by atoms with Crippen molar-refractivity contribution < 1.29 is 0 Å². The van der Waals surface area contributed by atoms with Crippen LogP contribution >= 0.6 is 0 Å². The molecule has 0 bridgehead atoms. The van der Waals surface area contributed by atoms with Crippen LogP contribution in [-0.2, 0) is 7.05 Å². The van der Waals surface area contributed by atoms with Gasteiger partial charge in [-0.15, -0.1) is 0 Å². The van der Waals surface area contributed by atoms with Gasteiger partial charge in [0, 0.05) is 43.6 Å². The summed E-state index contributed by atoms with van der Waals surface area (Å²) in [5.41, 5.74) is 3.25. The van der Waals surface area contributed by atoms with E-state index in [1.54, 1.807) is 0 Å². The third-order valence-corrected chi connectivity index (χ3v) is 3.83. The zero-order chi connectivity index (χ0) is 14.1. The fourth-order valence-electron chi connectivity index (χ4n) is 2.90. The average molecular weight is 271 g/mol. The normalized spacial score (nSPS) is 19.4. The molecule has 1 fully saturated rings. The van der Waals surface area contributed by atoms with Crippen LogP contribution in [0, 0.1) is 13.8 Å². The standard InChI is InChI=1S/C15H21N5/c1-11-9-12(2)17-15(16-11)20-7-4-5-13(10-20)14-6-8-19(3)18-14/h6,8-9,13H,4-5,7,10H2,1-3H3/t13-/m0/s1. The van der Waals surface area contributed by atoms with Crippen LogP contribution in [0.25, 0.3) is 0 Å². The molecule has 0 amide bonds. The summed E-state index contributed by atoms with van der Waals surface area (Å²) in [6.45, 7) is 6.04. The van der Waals surface area contributed by atoms with Crippen LogP contribution in [0.3, 0.4) is 0 Å². The number of piperidine rings is 1. The summed E-state index contributed by atoms with van der Waals surface area (Å²) in [7, 11) is 1.97. The minimum absolute atomic E-state index is 0.481. The molecular weight excluding hydrogens is 250 g/mol. The molecule has 0 unspecified atom stereocenters. The number of aromatic nitrogens is 4. The number of anilines is 1. The van der Waals surface area contributed by atoms with Crippen LogP contribution in [0.15, 0.2) is 18.3 Å². The van der Waals surface area contributed by atoms with E-state index in [9.17, 15) is 0 Å². The predicted molar refractivity (Wildman–Crippen MR) is 78.9 cm³/mol. The lowest BCUT2D eigenvalue weighted by atomic mass is 9.95. The SMILES string of the molecule is Cc1cc(C)nc(N2CCC[C@H](c3ccn(C)n3)C2)n1. The van der Waals surface area contributed by atoms with Gasteiger partial charge in [-0.3, -0.25) is 4.68 Å². The van der Waals surface area contributed by atoms with Crippen LogP contribution in [0.5, 0.6) is 0 Å². The second-order valence-electron chi connectivity index (χ2n) is 5.65. The second-order valence-corrected chi connectivity index (χ2v) is 5.65. The molecule has 0 saturated carbocycles. The summed E-state index contributed by atoms with van der Waals surface area (Å²) in [5.74, 6) is 1.34. The lowest BCUT2D eigenvalue weighted by molar-refractivity contribution is 0.490. The molecule has 5 nitrogen and oxygen atoms in total. The molecule has 2 aromatic heterocycles. The summed E-state index contributed by atoms with van der Waals surface area (Å²) in [4.78, 5) is 11.5.